The van der Waals surface area contributed by atoms with Crippen molar-refractivity contribution in [2.75, 3.05) is 0 Å². The third-order valence-electron chi connectivity index (χ3n) is 8.29. The average Bonchev–Trinajstić information content (AvgIpc) is 3.49. The van der Waals surface area contributed by atoms with Gasteiger partial charge in [0.25, 0.3) is 0 Å². The first-order valence-corrected chi connectivity index (χ1v) is 13.7. The summed E-state index contributed by atoms with van der Waals surface area (Å²) < 4.78 is 6.04. The molecule has 0 unspecified atom stereocenters. The second-order valence-electron chi connectivity index (χ2n) is 11.0. The Balaban J connectivity index is 1.28. The molecule has 0 radical (unpaired) electrons. The van der Waals surface area contributed by atoms with Gasteiger partial charge in [-0.2, -0.15) is 0 Å². The van der Waals surface area contributed by atoms with Crippen molar-refractivity contribution < 1.29 is 4.42 Å². The number of furan rings is 1. The highest BCUT2D eigenvalue weighted by molar-refractivity contribution is 6.06. The second kappa shape index (κ2) is 8.49. The lowest BCUT2D eigenvalue weighted by molar-refractivity contribution is 0.658. The van der Waals surface area contributed by atoms with Gasteiger partial charge in [0.05, 0.1) is 11.4 Å². The van der Waals surface area contributed by atoms with Gasteiger partial charge in [-0.15, -0.1) is 0 Å². The fourth-order valence-electron chi connectivity index (χ4n) is 6.27. The number of hydrogen-bond donors (Lipinski definition) is 0. The summed E-state index contributed by atoms with van der Waals surface area (Å²) in [7, 11) is 0. The zero-order valence-corrected chi connectivity index (χ0v) is 22.3. The molecule has 5 aromatic carbocycles. The number of hydrogen-bond acceptors (Lipinski definition) is 3. The van der Waals surface area contributed by atoms with Gasteiger partial charge in [0.1, 0.15) is 11.2 Å². The molecule has 2 heterocycles. The predicted octanol–water partition coefficient (Wildman–Crippen LogP) is 9.68. The first kappa shape index (κ1) is 22.9. The van der Waals surface area contributed by atoms with E-state index in [0.717, 1.165) is 61.4 Å². The summed E-state index contributed by atoms with van der Waals surface area (Å²) in [5.74, 6) is 0.753. The average molecular weight is 515 g/mol. The molecule has 0 fully saturated rings. The lowest BCUT2D eigenvalue weighted by atomic mass is 9.80. The van der Waals surface area contributed by atoms with Crippen LogP contribution < -0.4 is 0 Å². The summed E-state index contributed by atoms with van der Waals surface area (Å²) in [6.07, 6.45) is 0. The van der Waals surface area contributed by atoms with E-state index in [1.165, 1.54) is 16.7 Å². The third kappa shape index (κ3) is 3.37. The summed E-state index contributed by atoms with van der Waals surface area (Å²) in [6, 6.07) is 42.3. The molecule has 0 saturated carbocycles. The topological polar surface area (TPSA) is 38.9 Å². The Bertz CT molecular complexity index is 2070. The van der Waals surface area contributed by atoms with Crippen molar-refractivity contribution in [3.05, 3.63) is 132 Å². The van der Waals surface area contributed by atoms with Crippen molar-refractivity contribution in [3.63, 3.8) is 0 Å². The maximum atomic E-state index is 6.04. The van der Waals surface area contributed by atoms with E-state index in [9.17, 15) is 0 Å². The molecule has 0 atom stereocenters. The molecular formula is C37H26N2O. The monoisotopic (exact) mass is 514 g/mol. The number of fused-ring (bicyclic) bond motifs is 6. The van der Waals surface area contributed by atoms with Crippen molar-refractivity contribution >= 4 is 21.9 Å². The molecule has 8 rings (SSSR count). The standard InChI is InChI=1S/C37H26N2O/c1-37(2)30-14-8-6-13-28(30)35-33(37)34(38-36(39-35)25-10-4-3-5-11-25)24-18-16-23(17-19-24)26-20-21-32-29(22-26)27-12-7-9-15-31(27)40-32/h3-22H,1-2H3. The van der Waals surface area contributed by atoms with Gasteiger partial charge in [-0.05, 0) is 34.9 Å². The van der Waals surface area contributed by atoms with E-state index in [1.54, 1.807) is 0 Å². The van der Waals surface area contributed by atoms with Gasteiger partial charge >= 0.3 is 0 Å². The number of benzene rings is 5. The molecule has 0 N–H and O–H groups in total. The molecular weight excluding hydrogens is 488 g/mol. The maximum absolute atomic E-state index is 6.04. The van der Waals surface area contributed by atoms with Crippen LogP contribution in [0.25, 0.3) is 67.0 Å². The highest BCUT2D eigenvalue weighted by atomic mass is 16.3. The zero-order chi connectivity index (χ0) is 26.8. The number of aromatic nitrogens is 2. The van der Waals surface area contributed by atoms with E-state index in [4.69, 9.17) is 14.4 Å². The molecule has 7 aromatic rings. The number of para-hydroxylation sites is 1. The van der Waals surface area contributed by atoms with Crippen LogP contribution in [-0.4, -0.2) is 9.97 Å². The number of nitrogens with zero attached hydrogens (tertiary/aromatic N) is 2. The molecule has 0 amide bonds. The lowest BCUT2D eigenvalue weighted by Gasteiger charge is -2.24. The van der Waals surface area contributed by atoms with Crippen molar-refractivity contribution in [1.82, 2.24) is 9.97 Å². The van der Waals surface area contributed by atoms with Gasteiger partial charge in [-0.3, -0.25) is 0 Å². The third-order valence-corrected chi connectivity index (χ3v) is 8.29. The fourth-order valence-corrected chi connectivity index (χ4v) is 6.27. The van der Waals surface area contributed by atoms with Crippen LogP contribution in [0.4, 0.5) is 0 Å². The molecule has 3 heteroatoms. The Hall–Kier alpha value is -5.02. The molecule has 0 bridgehead atoms. The first-order chi connectivity index (χ1) is 19.6. The van der Waals surface area contributed by atoms with E-state index >= 15 is 0 Å². The van der Waals surface area contributed by atoms with Crippen LogP contribution in [0.5, 0.6) is 0 Å². The van der Waals surface area contributed by atoms with Crippen LogP contribution in [0.15, 0.2) is 126 Å². The lowest BCUT2D eigenvalue weighted by Crippen LogP contribution is -2.17. The summed E-state index contributed by atoms with van der Waals surface area (Å²) in [4.78, 5) is 10.4. The maximum Gasteiger partial charge on any atom is 0.160 e. The summed E-state index contributed by atoms with van der Waals surface area (Å²) >= 11 is 0. The van der Waals surface area contributed by atoms with Gasteiger partial charge in [-0.1, -0.05) is 117 Å². The highest BCUT2D eigenvalue weighted by Crippen LogP contribution is 2.51. The summed E-state index contributed by atoms with van der Waals surface area (Å²) in [6.45, 7) is 4.57. The van der Waals surface area contributed by atoms with Crippen LogP contribution in [-0.2, 0) is 5.41 Å². The molecule has 1 aliphatic rings. The van der Waals surface area contributed by atoms with E-state index in [0.29, 0.717) is 0 Å². The van der Waals surface area contributed by atoms with E-state index in [2.05, 4.69) is 105 Å². The molecule has 1 aliphatic carbocycles. The van der Waals surface area contributed by atoms with Crippen molar-refractivity contribution in [3.8, 4) is 45.0 Å². The SMILES string of the molecule is CC1(C)c2ccccc2-c2nc(-c3ccccc3)nc(-c3ccc(-c4ccc5oc6ccccc6c5c4)cc3)c21. The fraction of sp³-hybridized carbons (Fsp3) is 0.0811. The Morgan fingerprint density at radius 1 is 0.525 bits per heavy atom. The largest absolute Gasteiger partial charge is 0.456 e. The second-order valence-corrected chi connectivity index (χ2v) is 11.0. The Labute approximate surface area is 232 Å². The Kier molecular flexibility index (Phi) is 4.86. The molecule has 2 aromatic heterocycles. The minimum atomic E-state index is -0.206. The highest BCUT2D eigenvalue weighted by Gasteiger charge is 2.39. The van der Waals surface area contributed by atoms with Crippen LogP contribution in [0.3, 0.4) is 0 Å². The minimum absolute atomic E-state index is 0.206. The predicted molar refractivity (Wildman–Crippen MR) is 163 cm³/mol. The number of rotatable bonds is 3. The van der Waals surface area contributed by atoms with E-state index in [-0.39, 0.29) is 5.41 Å². The van der Waals surface area contributed by atoms with Crippen LogP contribution in [0.2, 0.25) is 0 Å². The smallest absolute Gasteiger partial charge is 0.160 e. The zero-order valence-electron chi connectivity index (χ0n) is 22.3. The molecule has 40 heavy (non-hydrogen) atoms. The van der Waals surface area contributed by atoms with E-state index < -0.39 is 0 Å². The Morgan fingerprint density at radius 2 is 1.18 bits per heavy atom. The van der Waals surface area contributed by atoms with Crippen LogP contribution >= 0.6 is 0 Å². The van der Waals surface area contributed by atoms with Crippen LogP contribution in [0, 0.1) is 0 Å². The van der Waals surface area contributed by atoms with Crippen molar-refractivity contribution in [2.45, 2.75) is 19.3 Å². The molecule has 0 saturated heterocycles. The first-order valence-electron chi connectivity index (χ1n) is 13.7. The van der Waals surface area contributed by atoms with Gasteiger partial charge in [0.2, 0.25) is 0 Å². The van der Waals surface area contributed by atoms with Crippen molar-refractivity contribution in [1.29, 1.82) is 0 Å². The Morgan fingerprint density at radius 3 is 2.02 bits per heavy atom. The van der Waals surface area contributed by atoms with Crippen LogP contribution in [0.1, 0.15) is 25.0 Å². The van der Waals surface area contributed by atoms with Crippen molar-refractivity contribution in [2.24, 2.45) is 0 Å². The van der Waals surface area contributed by atoms with E-state index in [1.807, 2.05) is 30.3 Å². The van der Waals surface area contributed by atoms with Gasteiger partial charge < -0.3 is 4.42 Å². The normalized spacial score (nSPS) is 13.4. The van der Waals surface area contributed by atoms with Gasteiger partial charge in [0, 0.05) is 38.4 Å². The molecule has 0 spiro atoms. The minimum Gasteiger partial charge on any atom is -0.456 e. The summed E-state index contributed by atoms with van der Waals surface area (Å²) in [5.41, 5.74) is 11.8. The molecule has 190 valence electrons. The van der Waals surface area contributed by atoms with Gasteiger partial charge in [0.15, 0.2) is 5.82 Å². The quantitative estimate of drug-likeness (QED) is 0.236. The molecule has 0 aliphatic heterocycles. The van der Waals surface area contributed by atoms with Gasteiger partial charge in [-0.25, -0.2) is 9.97 Å². The molecule has 3 nitrogen and oxygen atoms in total. The summed E-state index contributed by atoms with van der Waals surface area (Å²) in [5, 5.41) is 2.28.